The Bertz CT molecular complexity index is 680. The molecule has 3 rings (SSSR count). The molecule has 2 heterocycles. The van der Waals surface area contributed by atoms with E-state index >= 15 is 0 Å². The smallest absolute Gasteiger partial charge is 0.262 e. The highest BCUT2D eigenvalue weighted by molar-refractivity contribution is 5.98. The van der Waals surface area contributed by atoms with Crippen LogP contribution < -0.4 is 5.32 Å². The van der Waals surface area contributed by atoms with E-state index in [2.05, 4.69) is 10.3 Å². The maximum Gasteiger partial charge on any atom is 0.262 e. The van der Waals surface area contributed by atoms with Gasteiger partial charge in [0.05, 0.1) is 0 Å². The molecule has 1 aliphatic heterocycles. The molecule has 2 N–H and O–H groups in total. The van der Waals surface area contributed by atoms with Gasteiger partial charge in [0.2, 0.25) is 0 Å². The predicted molar refractivity (Wildman–Crippen MR) is 82.6 cm³/mol. The second-order valence-electron chi connectivity index (χ2n) is 5.42. The van der Waals surface area contributed by atoms with Crippen LogP contribution in [0, 0.1) is 6.92 Å². The molecule has 1 aromatic carbocycles. The van der Waals surface area contributed by atoms with Crippen LogP contribution >= 0.6 is 0 Å². The van der Waals surface area contributed by atoms with Crippen LogP contribution in [0.5, 0.6) is 5.75 Å². The minimum Gasteiger partial charge on any atom is -0.504 e. The topological polar surface area (TPSA) is 71.5 Å². The lowest BCUT2D eigenvalue weighted by Gasteiger charge is -2.27. The van der Waals surface area contributed by atoms with Gasteiger partial charge in [-0.05, 0) is 37.5 Å². The zero-order valence-corrected chi connectivity index (χ0v) is 12.4. The Morgan fingerprint density at radius 1 is 1.27 bits per heavy atom. The number of nitrogens with zero attached hydrogens (tertiary/aromatic N) is 1. The normalized spacial score (nSPS) is 20.8. The van der Waals surface area contributed by atoms with Crippen molar-refractivity contribution in [3.05, 3.63) is 53.7 Å². The number of carbonyl (C=O) groups is 1. The van der Waals surface area contributed by atoms with E-state index in [9.17, 15) is 9.90 Å². The largest absolute Gasteiger partial charge is 0.504 e. The second kappa shape index (κ2) is 5.77. The van der Waals surface area contributed by atoms with Crippen LogP contribution in [0.2, 0.25) is 0 Å². The number of benzene rings is 1. The number of amides is 1. The number of anilines is 1. The van der Waals surface area contributed by atoms with Crippen molar-refractivity contribution in [3.8, 4) is 5.75 Å². The van der Waals surface area contributed by atoms with Crippen LogP contribution in [-0.2, 0) is 15.1 Å². The maximum atomic E-state index is 12.8. The molecule has 1 saturated heterocycles. The molecular weight excluding hydrogens is 280 g/mol. The minimum atomic E-state index is -1.01. The van der Waals surface area contributed by atoms with Crippen molar-refractivity contribution >= 4 is 11.7 Å². The van der Waals surface area contributed by atoms with E-state index < -0.39 is 5.60 Å². The van der Waals surface area contributed by atoms with Gasteiger partial charge in [0.15, 0.2) is 17.2 Å². The van der Waals surface area contributed by atoms with Crippen molar-refractivity contribution in [2.75, 3.05) is 11.9 Å². The molecule has 1 atom stereocenters. The summed E-state index contributed by atoms with van der Waals surface area (Å²) in [6.45, 7) is 2.34. The number of hydrogen-bond acceptors (Lipinski definition) is 4. The lowest BCUT2D eigenvalue weighted by Crippen LogP contribution is -2.40. The maximum absolute atomic E-state index is 12.8. The summed E-state index contributed by atoms with van der Waals surface area (Å²) in [5.41, 5.74) is 0.519. The van der Waals surface area contributed by atoms with Gasteiger partial charge in [-0.2, -0.15) is 0 Å². The van der Waals surface area contributed by atoms with Gasteiger partial charge in [-0.25, -0.2) is 4.98 Å². The third kappa shape index (κ3) is 2.55. The molecule has 1 fully saturated rings. The van der Waals surface area contributed by atoms with Crippen LogP contribution in [0.15, 0.2) is 42.5 Å². The van der Waals surface area contributed by atoms with Gasteiger partial charge in [-0.15, -0.1) is 0 Å². The highest BCUT2D eigenvalue weighted by Crippen LogP contribution is 2.37. The van der Waals surface area contributed by atoms with E-state index in [-0.39, 0.29) is 17.5 Å². The van der Waals surface area contributed by atoms with Crippen LogP contribution in [-0.4, -0.2) is 22.6 Å². The molecule has 22 heavy (non-hydrogen) atoms. The van der Waals surface area contributed by atoms with Gasteiger partial charge in [0.1, 0.15) is 0 Å². The molecule has 0 aliphatic carbocycles. The van der Waals surface area contributed by atoms with E-state index in [0.717, 1.165) is 12.0 Å². The Labute approximate surface area is 129 Å². The first kappa shape index (κ1) is 14.5. The van der Waals surface area contributed by atoms with Gasteiger partial charge < -0.3 is 15.2 Å². The first-order chi connectivity index (χ1) is 10.6. The first-order valence-corrected chi connectivity index (χ1v) is 7.29. The van der Waals surface area contributed by atoms with Crippen molar-refractivity contribution in [2.24, 2.45) is 0 Å². The summed E-state index contributed by atoms with van der Waals surface area (Å²) >= 11 is 0. The summed E-state index contributed by atoms with van der Waals surface area (Å²) in [6.07, 6.45) is 1.42. The molecular formula is C17H18N2O3. The Hall–Kier alpha value is -2.40. The highest BCUT2D eigenvalue weighted by Gasteiger charge is 2.44. The fourth-order valence-electron chi connectivity index (χ4n) is 2.73. The lowest BCUT2D eigenvalue weighted by atomic mass is 9.90. The number of rotatable bonds is 3. The van der Waals surface area contributed by atoms with Gasteiger partial charge in [-0.3, -0.25) is 4.79 Å². The number of nitrogens with one attached hydrogen (secondary N) is 1. The SMILES string of the molecule is Cc1ccc(O)c(NC(=O)C2(c3ccccc3)CCCO2)n1. The molecule has 1 aliphatic rings. The van der Waals surface area contributed by atoms with Crippen molar-refractivity contribution in [2.45, 2.75) is 25.4 Å². The number of hydrogen-bond donors (Lipinski definition) is 2. The van der Waals surface area contributed by atoms with Crippen LogP contribution in [0.25, 0.3) is 0 Å². The number of ether oxygens (including phenoxy) is 1. The number of pyridine rings is 1. The molecule has 0 radical (unpaired) electrons. The monoisotopic (exact) mass is 298 g/mol. The van der Waals surface area contributed by atoms with Gasteiger partial charge >= 0.3 is 0 Å². The Morgan fingerprint density at radius 2 is 2.05 bits per heavy atom. The Balaban J connectivity index is 1.93. The van der Waals surface area contributed by atoms with Crippen molar-refractivity contribution < 1.29 is 14.6 Å². The Kier molecular flexibility index (Phi) is 3.81. The molecule has 5 nitrogen and oxygen atoms in total. The van der Waals surface area contributed by atoms with Gasteiger partial charge in [0.25, 0.3) is 5.91 Å². The molecule has 0 spiro atoms. The van der Waals surface area contributed by atoms with Gasteiger partial charge in [-0.1, -0.05) is 30.3 Å². The van der Waals surface area contributed by atoms with Crippen LogP contribution in [0.3, 0.4) is 0 Å². The molecule has 1 aromatic heterocycles. The third-order valence-electron chi connectivity index (χ3n) is 3.87. The number of aromatic nitrogens is 1. The zero-order valence-electron chi connectivity index (χ0n) is 12.4. The predicted octanol–water partition coefficient (Wildman–Crippen LogP) is 2.74. The molecule has 2 aromatic rings. The van der Waals surface area contributed by atoms with Crippen molar-refractivity contribution in [1.82, 2.24) is 4.98 Å². The molecule has 0 saturated carbocycles. The van der Waals surface area contributed by atoms with E-state index in [1.165, 1.54) is 6.07 Å². The minimum absolute atomic E-state index is 0.0554. The van der Waals surface area contributed by atoms with Gasteiger partial charge in [0, 0.05) is 12.3 Å². The summed E-state index contributed by atoms with van der Waals surface area (Å²) in [5, 5.41) is 12.6. The molecule has 5 heteroatoms. The van der Waals surface area contributed by atoms with E-state index in [1.807, 2.05) is 30.3 Å². The van der Waals surface area contributed by atoms with Crippen LogP contribution in [0.1, 0.15) is 24.1 Å². The Morgan fingerprint density at radius 3 is 2.73 bits per heavy atom. The lowest BCUT2D eigenvalue weighted by molar-refractivity contribution is -0.136. The number of aryl methyl sites for hydroxylation is 1. The highest BCUT2D eigenvalue weighted by atomic mass is 16.5. The van der Waals surface area contributed by atoms with E-state index in [1.54, 1.807) is 13.0 Å². The summed E-state index contributed by atoms with van der Waals surface area (Å²) in [5.74, 6) is -0.194. The molecule has 1 amide bonds. The third-order valence-corrected chi connectivity index (χ3v) is 3.87. The zero-order chi connectivity index (χ0) is 15.6. The second-order valence-corrected chi connectivity index (χ2v) is 5.42. The average molecular weight is 298 g/mol. The number of aromatic hydroxyl groups is 1. The molecule has 1 unspecified atom stereocenters. The van der Waals surface area contributed by atoms with E-state index in [0.29, 0.717) is 18.7 Å². The number of carbonyl (C=O) groups excluding carboxylic acids is 1. The van der Waals surface area contributed by atoms with Crippen LogP contribution in [0.4, 0.5) is 5.82 Å². The fourth-order valence-corrected chi connectivity index (χ4v) is 2.73. The summed E-state index contributed by atoms with van der Waals surface area (Å²) in [4.78, 5) is 17.0. The standard InChI is InChI=1S/C17H18N2O3/c1-12-8-9-14(20)15(18-12)19-16(21)17(10-5-11-22-17)13-6-3-2-4-7-13/h2-4,6-9,20H,5,10-11H2,1H3,(H,18,19,21). The van der Waals surface area contributed by atoms with E-state index in [4.69, 9.17) is 4.74 Å². The average Bonchev–Trinajstić information content (AvgIpc) is 3.03. The van der Waals surface area contributed by atoms with Crippen molar-refractivity contribution in [1.29, 1.82) is 0 Å². The fraction of sp³-hybridized carbons (Fsp3) is 0.294. The summed E-state index contributed by atoms with van der Waals surface area (Å²) in [6, 6.07) is 12.6. The van der Waals surface area contributed by atoms with Crippen molar-refractivity contribution in [3.63, 3.8) is 0 Å². The quantitative estimate of drug-likeness (QED) is 0.914. The first-order valence-electron chi connectivity index (χ1n) is 7.29. The summed E-state index contributed by atoms with van der Waals surface area (Å²) in [7, 11) is 0. The molecule has 114 valence electrons. The molecule has 0 bridgehead atoms. The summed E-state index contributed by atoms with van der Waals surface area (Å²) < 4.78 is 5.81.